The van der Waals surface area contributed by atoms with Crippen molar-refractivity contribution in [3.63, 3.8) is 0 Å². The number of amides is 4. The molecule has 1 atom stereocenters. The van der Waals surface area contributed by atoms with Crippen molar-refractivity contribution in [1.29, 1.82) is 0 Å². The Kier molecular flexibility index (Phi) is 3.76. The third-order valence-corrected chi connectivity index (χ3v) is 4.55. The first-order chi connectivity index (χ1) is 12.1. The van der Waals surface area contributed by atoms with Crippen LogP contribution in [0, 0.1) is 0 Å². The first-order valence-corrected chi connectivity index (χ1v) is 8.19. The van der Waals surface area contributed by atoms with E-state index in [9.17, 15) is 14.4 Å². The number of benzene rings is 1. The van der Waals surface area contributed by atoms with Gasteiger partial charge in [0.1, 0.15) is 6.04 Å². The van der Waals surface area contributed by atoms with Crippen LogP contribution in [0.4, 0.5) is 10.5 Å². The summed E-state index contributed by atoms with van der Waals surface area (Å²) in [5.41, 5.74) is 1.36. The Morgan fingerprint density at radius 2 is 2.12 bits per heavy atom. The van der Waals surface area contributed by atoms with Crippen molar-refractivity contribution in [2.75, 3.05) is 11.9 Å². The molecule has 7 heteroatoms. The molecule has 2 fully saturated rings. The molecule has 128 valence electrons. The fourth-order valence-electron chi connectivity index (χ4n) is 3.36. The van der Waals surface area contributed by atoms with E-state index in [1.807, 2.05) is 6.07 Å². The number of hydrogen-bond donors (Lipinski definition) is 1. The average molecular weight is 339 g/mol. The maximum Gasteiger partial charge on any atom is 0.327 e. The number of nitrogens with zero attached hydrogens (tertiary/aromatic N) is 2. The van der Waals surface area contributed by atoms with Gasteiger partial charge < -0.3 is 14.6 Å². The van der Waals surface area contributed by atoms with E-state index < -0.39 is 0 Å². The summed E-state index contributed by atoms with van der Waals surface area (Å²) in [6, 6.07) is 9.80. The Hall–Kier alpha value is -3.09. The van der Waals surface area contributed by atoms with Gasteiger partial charge in [-0.3, -0.25) is 14.5 Å². The van der Waals surface area contributed by atoms with Crippen LogP contribution in [0.2, 0.25) is 0 Å². The second-order valence-electron chi connectivity index (χ2n) is 6.19. The predicted molar refractivity (Wildman–Crippen MR) is 88.8 cm³/mol. The lowest BCUT2D eigenvalue weighted by Gasteiger charge is -2.16. The Morgan fingerprint density at radius 1 is 1.24 bits per heavy atom. The molecule has 0 aliphatic carbocycles. The van der Waals surface area contributed by atoms with Gasteiger partial charge in [0.25, 0.3) is 11.8 Å². The molecular formula is C18H17N3O4. The van der Waals surface area contributed by atoms with Crippen LogP contribution >= 0.6 is 0 Å². The third-order valence-electron chi connectivity index (χ3n) is 4.55. The molecule has 1 unspecified atom stereocenters. The lowest BCUT2D eigenvalue weighted by atomic mass is 10.1. The van der Waals surface area contributed by atoms with Gasteiger partial charge in [0.15, 0.2) is 5.76 Å². The highest BCUT2D eigenvalue weighted by molar-refractivity contribution is 6.04. The fourth-order valence-corrected chi connectivity index (χ4v) is 3.36. The van der Waals surface area contributed by atoms with Gasteiger partial charge in [0, 0.05) is 12.2 Å². The minimum atomic E-state index is -0.351. The van der Waals surface area contributed by atoms with E-state index in [0.29, 0.717) is 12.2 Å². The molecule has 0 saturated carbocycles. The number of furan rings is 1. The van der Waals surface area contributed by atoms with Crippen LogP contribution in [0.1, 0.15) is 29.0 Å². The molecule has 2 aromatic rings. The van der Waals surface area contributed by atoms with Crippen LogP contribution in [0.5, 0.6) is 0 Å². The molecule has 1 N–H and O–H groups in total. The zero-order valence-corrected chi connectivity index (χ0v) is 13.5. The number of fused-ring (bicyclic) bond motifs is 1. The Labute approximate surface area is 144 Å². The SMILES string of the molecule is O=C(Nc1cccc(CN2C(=O)C3CCCN3C2=O)c1)c1ccco1. The maximum atomic E-state index is 12.4. The number of imide groups is 1. The quantitative estimate of drug-likeness (QED) is 0.868. The molecule has 2 aliphatic heterocycles. The van der Waals surface area contributed by atoms with Gasteiger partial charge in [-0.2, -0.15) is 0 Å². The minimum absolute atomic E-state index is 0.132. The number of hydrogen-bond acceptors (Lipinski definition) is 4. The molecular weight excluding hydrogens is 322 g/mol. The van der Waals surface area contributed by atoms with Gasteiger partial charge in [-0.05, 0) is 42.7 Å². The lowest BCUT2D eigenvalue weighted by Crippen LogP contribution is -2.32. The Bertz CT molecular complexity index is 809. The fraction of sp³-hybridized carbons (Fsp3) is 0.278. The number of carbonyl (C=O) groups excluding carboxylic acids is 3. The van der Waals surface area contributed by atoms with Gasteiger partial charge in [-0.1, -0.05) is 12.1 Å². The summed E-state index contributed by atoms with van der Waals surface area (Å²) in [4.78, 5) is 39.7. The molecule has 2 aliphatic rings. The zero-order valence-electron chi connectivity index (χ0n) is 13.5. The molecule has 2 saturated heterocycles. The van der Waals surface area contributed by atoms with Crippen molar-refractivity contribution < 1.29 is 18.8 Å². The van der Waals surface area contributed by atoms with Gasteiger partial charge in [0.05, 0.1) is 12.8 Å². The van der Waals surface area contributed by atoms with E-state index in [4.69, 9.17) is 4.42 Å². The van der Waals surface area contributed by atoms with Crippen molar-refractivity contribution >= 4 is 23.5 Å². The first kappa shape index (κ1) is 15.4. The highest BCUT2D eigenvalue weighted by Crippen LogP contribution is 2.28. The van der Waals surface area contributed by atoms with Crippen LogP contribution in [0.15, 0.2) is 47.1 Å². The lowest BCUT2D eigenvalue weighted by molar-refractivity contribution is -0.128. The number of carbonyl (C=O) groups is 3. The van der Waals surface area contributed by atoms with Crippen molar-refractivity contribution in [2.45, 2.75) is 25.4 Å². The molecule has 0 radical (unpaired) electrons. The maximum absolute atomic E-state index is 12.4. The summed E-state index contributed by atoms with van der Waals surface area (Å²) in [6.45, 7) is 0.847. The molecule has 4 rings (SSSR count). The van der Waals surface area contributed by atoms with E-state index >= 15 is 0 Å². The van der Waals surface area contributed by atoms with Crippen LogP contribution in [0.3, 0.4) is 0 Å². The second kappa shape index (κ2) is 6.08. The van der Waals surface area contributed by atoms with Gasteiger partial charge in [0.2, 0.25) is 0 Å². The highest BCUT2D eigenvalue weighted by Gasteiger charge is 2.47. The largest absolute Gasteiger partial charge is 0.459 e. The number of nitrogens with one attached hydrogen (secondary N) is 1. The topological polar surface area (TPSA) is 82.9 Å². The average Bonchev–Trinajstić information content (AvgIpc) is 3.33. The smallest absolute Gasteiger partial charge is 0.327 e. The summed E-state index contributed by atoms with van der Waals surface area (Å²) >= 11 is 0. The molecule has 0 spiro atoms. The summed E-state index contributed by atoms with van der Waals surface area (Å²) in [5.74, 6) is -0.264. The molecule has 3 heterocycles. The van der Waals surface area contributed by atoms with E-state index in [2.05, 4.69) is 5.32 Å². The van der Waals surface area contributed by atoms with Crippen LogP contribution < -0.4 is 5.32 Å². The van der Waals surface area contributed by atoms with Crippen LogP contribution in [-0.2, 0) is 11.3 Å². The summed E-state index contributed by atoms with van der Waals surface area (Å²) in [5, 5.41) is 2.74. The van der Waals surface area contributed by atoms with Crippen molar-refractivity contribution in [3.05, 3.63) is 54.0 Å². The van der Waals surface area contributed by atoms with Gasteiger partial charge >= 0.3 is 6.03 Å². The zero-order chi connectivity index (χ0) is 17.4. The normalized spacial score (nSPS) is 19.4. The standard InChI is InChI=1S/C18H17N3O4/c22-16(15-7-3-9-25-15)19-13-5-1-4-12(10-13)11-21-17(23)14-6-2-8-20(14)18(21)24/h1,3-5,7,9-10,14H,2,6,8,11H2,(H,19,22). The summed E-state index contributed by atoms with van der Waals surface area (Å²) in [6.07, 6.45) is 3.05. The minimum Gasteiger partial charge on any atom is -0.459 e. The van der Waals surface area contributed by atoms with Gasteiger partial charge in [-0.15, -0.1) is 0 Å². The molecule has 7 nitrogen and oxygen atoms in total. The second-order valence-corrected chi connectivity index (χ2v) is 6.19. The van der Waals surface area contributed by atoms with E-state index in [-0.39, 0.29) is 36.2 Å². The monoisotopic (exact) mass is 339 g/mol. The van der Waals surface area contributed by atoms with E-state index in [1.165, 1.54) is 11.2 Å². The number of urea groups is 1. The number of anilines is 1. The van der Waals surface area contributed by atoms with Crippen molar-refractivity contribution in [2.24, 2.45) is 0 Å². The van der Waals surface area contributed by atoms with Gasteiger partial charge in [-0.25, -0.2) is 4.79 Å². The summed E-state index contributed by atoms with van der Waals surface area (Å²) in [7, 11) is 0. The summed E-state index contributed by atoms with van der Waals surface area (Å²) < 4.78 is 5.06. The van der Waals surface area contributed by atoms with E-state index in [1.54, 1.807) is 35.2 Å². The molecule has 4 amide bonds. The predicted octanol–water partition coefficient (Wildman–Crippen LogP) is 2.46. The van der Waals surface area contributed by atoms with Crippen LogP contribution in [-0.4, -0.2) is 40.2 Å². The van der Waals surface area contributed by atoms with Crippen molar-refractivity contribution in [3.8, 4) is 0 Å². The molecule has 25 heavy (non-hydrogen) atoms. The highest BCUT2D eigenvalue weighted by atomic mass is 16.3. The molecule has 0 bridgehead atoms. The Morgan fingerprint density at radius 3 is 2.88 bits per heavy atom. The number of rotatable bonds is 4. The van der Waals surface area contributed by atoms with Crippen molar-refractivity contribution in [1.82, 2.24) is 9.80 Å². The Balaban J connectivity index is 1.48. The third kappa shape index (κ3) is 2.77. The molecule has 1 aromatic carbocycles. The first-order valence-electron chi connectivity index (χ1n) is 8.19. The van der Waals surface area contributed by atoms with E-state index in [0.717, 1.165) is 18.4 Å². The van der Waals surface area contributed by atoms with Crippen LogP contribution in [0.25, 0.3) is 0 Å². The molecule has 1 aromatic heterocycles.